The van der Waals surface area contributed by atoms with E-state index in [1.165, 1.54) is 14.5 Å². The van der Waals surface area contributed by atoms with E-state index in [1.54, 1.807) is 6.92 Å². The molecular formula is C11H12INO2. The van der Waals surface area contributed by atoms with Gasteiger partial charge in [0.05, 0.1) is 0 Å². The fourth-order valence-corrected chi connectivity index (χ4v) is 1.66. The SMILES string of the molecule is CCC(=O)O.Ic1c[nH]c2ccccc12. The van der Waals surface area contributed by atoms with Gasteiger partial charge in [0.25, 0.3) is 0 Å². The zero-order valence-electron chi connectivity index (χ0n) is 8.33. The number of carbonyl (C=O) groups is 1. The van der Waals surface area contributed by atoms with Crippen LogP contribution in [0.2, 0.25) is 0 Å². The number of carboxylic acid groups (broad SMARTS) is 1. The van der Waals surface area contributed by atoms with E-state index in [4.69, 9.17) is 5.11 Å². The molecule has 2 N–H and O–H groups in total. The zero-order valence-corrected chi connectivity index (χ0v) is 10.5. The summed E-state index contributed by atoms with van der Waals surface area (Å²) in [5.74, 6) is -0.745. The summed E-state index contributed by atoms with van der Waals surface area (Å²) in [6.07, 6.45) is 2.24. The van der Waals surface area contributed by atoms with Gasteiger partial charge < -0.3 is 10.1 Å². The number of aliphatic carboxylic acids is 1. The highest BCUT2D eigenvalue weighted by Crippen LogP contribution is 2.18. The molecule has 0 spiro atoms. The molecule has 1 aromatic carbocycles. The molecule has 4 heteroatoms. The van der Waals surface area contributed by atoms with Gasteiger partial charge in [0.1, 0.15) is 0 Å². The molecule has 2 aromatic rings. The maximum atomic E-state index is 9.37. The Bertz CT molecular complexity index is 451. The van der Waals surface area contributed by atoms with E-state index in [1.807, 2.05) is 12.3 Å². The topological polar surface area (TPSA) is 53.1 Å². The van der Waals surface area contributed by atoms with E-state index in [0.29, 0.717) is 0 Å². The Morgan fingerprint density at radius 1 is 1.47 bits per heavy atom. The molecule has 0 aliphatic heterocycles. The average Bonchev–Trinajstić information content (AvgIpc) is 2.62. The molecule has 0 bridgehead atoms. The summed E-state index contributed by atoms with van der Waals surface area (Å²) < 4.78 is 1.29. The molecule has 2 rings (SSSR count). The highest BCUT2D eigenvalue weighted by Gasteiger charge is 1.95. The summed E-state index contributed by atoms with van der Waals surface area (Å²) in [6, 6.07) is 8.29. The van der Waals surface area contributed by atoms with Gasteiger partial charge in [-0.25, -0.2) is 0 Å². The number of para-hydroxylation sites is 1. The number of aromatic nitrogens is 1. The number of hydrogen-bond acceptors (Lipinski definition) is 1. The Balaban J connectivity index is 0.000000195. The predicted octanol–water partition coefficient (Wildman–Crippen LogP) is 3.25. The second-order valence-electron chi connectivity index (χ2n) is 2.93. The maximum absolute atomic E-state index is 9.37. The van der Waals surface area contributed by atoms with Crippen molar-refractivity contribution in [3.63, 3.8) is 0 Å². The first kappa shape index (κ1) is 12.0. The lowest BCUT2D eigenvalue weighted by Crippen LogP contribution is -1.86. The van der Waals surface area contributed by atoms with E-state index in [0.717, 1.165) is 0 Å². The number of rotatable bonds is 1. The highest BCUT2D eigenvalue weighted by atomic mass is 127. The minimum atomic E-state index is -0.745. The van der Waals surface area contributed by atoms with Crippen LogP contribution in [0.4, 0.5) is 0 Å². The molecule has 1 aromatic heterocycles. The third-order valence-electron chi connectivity index (χ3n) is 1.84. The summed E-state index contributed by atoms with van der Waals surface area (Å²) >= 11 is 2.32. The Labute approximate surface area is 102 Å². The number of H-pyrrole nitrogens is 1. The predicted molar refractivity (Wildman–Crippen MR) is 68.9 cm³/mol. The fraction of sp³-hybridized carbons (Fsp3) is 0.182. The van der Waals surface area contributed by atoms with Crippen molar-refractivity contribution in [2.45, 2.75) is 13.3 Å². The first-order valence-corrected chi connectivity index (χ1v) is 5.66. The van der Waals surface area contributed by atoms with Crippen LogP contribution in [0.25, 0.3) is 10.9 Å². The number of carboxylic acids is 1. The first-order chi connectivity index (χ1) is 7.15. The second kappa shape index (κ2) is 5.75. The standard InChI is InChI=1S/C8H6IN.C3H6O2/c9-7-5-10-8-4-2-1-3-6(7)8;1-2-3(4)5/h1-5,10H;2H2,1H3,(H,4,5). The van der Waals surface area contributed by atoms with Gasteiger partial charge in [-0.2, -0.15) is 0 Å². The van der Waals surface area contributed by atoms with E-state index in [2.05, 4.69) is 45.8 Å². The van der Waals surface area contributed by atoms with Crippen molar-refractivity contribution < 1.29 is 9.90 Å². The van der Waals surface area contributed by atoms with Gasteiger partial charge in [-0.1, -0.05) is 25.1 Å². The van der Waals surface area contributed by atoms with Crippen molar-refractivity contribution in [3.05, 3.63) is 34.0 Å². The molecule has 0 fully saturated rings. The minimum Gasteiger partial charge on any atom is -0.481 e. The van der Waals surface area contributed by atoms with Crippen LogP contribution >= 0.6 is 22.6 Å². The number of halogens is 1. The van der Waals surface area contributed by atoms with Crippen LogP contribution in [-0.2, 0) is 4.79 Å². The number of aromatic amines is 1. The van der Waals surface area contributed by atoms with Crippen molar-refractivity contribution in [3.8, 4) is 0 Å². The molecule has 0 unspecified atom stereocenters. The minimum absolute atomic E-state index is 0.222. The highest BCUT2D eigenvalue weighted by molar-refractivity contribution is 14.1. The molecule has 0 aliphatic rings. The molecule has 0 saturated heterocycles. The summed E-state index contributed by atoms with van der Waals surface area (Å²) in [7, 11) is 0. The lowest BCUT2D eigenvalue weighted by atomic mass is 10.3. The summed E-state index contributed by atoms with van der Waals surface area (Å²) in [6.45, 7) is 1.60. The Kier molecular flexibility index (Phi) is 4.61. The lowest BCUT2D eigenvalue weighted by Gasteiger charge is -1.85. The molecule has 0 radical (unpaired) electrons. The van der Waals surface area contributed by atoms with Gasteiger partial charge in [-0.15, -0.1) is 0 Å². The van der Waals surface area contributed by atoms with E-state index in [-0.39, 0.29) is 6.42 Å². The third-order valence-corrected chi connectivity index (χ3v) is 2.73. The average molecular weight is 317 g/mol. The quantitative estimate of drug-likeness (QED) is 0.793. The number of nitrogens with one attached hydrogen (secondary N) is 1. The van der Waals surface area contributed by atoms with Crippen LogP contribution < -0.4 is 0 Å². The van der Waals surface area contributed by atoms with Gasteiger partial charge >= 0.3 is 5.97 Å². The van der Waals surface area contributed by atoms with Crippen LogP contribution in [0, 0.1) is 3.57 Å². The van der Waals surface area contributed by atoms with Crippen molar-refractivity contribution in [1.29, 1.82) is 0 Å². The molecule has 0 saturated carbocycles. The van der Waals surface area contributed by atoms with E-state index in [9.17, 15) is 4.79 Å². The van der Waals surface area contributed by atoms with E-state index >= 15 is 0 Å². The molecule has 15 heavy (non-hydrogen) atoms. The number of benzene rings is 1. The van der Waals surface area contributed by atoms with Gasteiger partial charge in [0.2, 0.25) is 0 Å². The molecule has 0 amide bonds. The summed E-state index contributed by atoms with van der Waals surface area (Å²) in [5, 5.41) is 9.03. The third kappa shape index (κ3) is 3.54. The Morgan fingerprint density at radius 2 is 2.07 bits per heavy atom. The summed E-state index contributed by atoms with van der Waals surface area (Å²) in [5.41, 5.74) is 1.21. The smallest absolute Gasteiger partial charge is 0.303 e. The molecule has 1 heterocycles. The maximum Gasteiger partial charge on any atom is 0.303 e. The van der Waals surface area contributed by atoms with Crippen LogP contribution in [0.1, 0.15) is 13.3 Å². The van der Waals surface area contributed by atoms with Crippen molar-refractivity contribution in [2.75, 3.05) is 0 Å². The van der Waals surface area contributed by atoms with Gasteiger partial charge in [0.15, 0.2) is 0 Å². The zero-order chi connectivity index (χ0) is 11.3. The van der Waals surface area contributed by atoms with Gasteiger partial charge in [-0.3, -0.25) is 4.79 Å². The van der Waals surface area contributed by atoms with Crippen LogP contribution in [-0.4, -0.2) is 16.1 Å². The monoisotopic (exact) mass is 317 g/mol. The molecule has 0 atom stereocenters. The van der Waals surface area contributed by atoms with Crippen LogP contribution in [0.15, 0.2) is 30.5 Å². The Hall–Kier alpha value is -1.04. The van der Waals surface area contributed by atoms with E-state index < -0.39 is 5.97 Å². The van der Waals surface area contributed by atoms with Gasteiger partial charge in [0, 0.05) is 27.1 Å². The van der Waals surface area contributed by atoms with Crippen LogP contribution in [0.3, 0.4) is 0 Å². The molecule has 80 valence electrons. The number of hydrogen-bond donors (Lipinski definition) is 2. The normalized spacial score (nSPS) is 9.47. The largest absolute Gasteiger partial charge is 0.481 e. The van der Waals surface area contributed by atoms with Crippen LogP contribution in [0.5, 0.6) is 0 Å². The van der Waals surface area contributed by atoms with Crippen molar-refractivity contribution in [1.82, 2.24) is 4.98 Å². The Morgan fingerprint density at radius 3 is 2.60 bits per heavy atom. The second-order valence-corrected chi connectivity index (χ2v) is 4.09. The molecular weight excluding hydrogens is 305 g/mol. The van der Waals surface area contributed by atoms with Crippen molar-refractivity contribution >= 4 is 39.5 Å². The summed E-state index contributed by atoms with van der Waals surface area (Å²) in [4.78, 5) is 12.5. The van der Waals surface area contributed by atoms with Gasteiger partial charge in [-0.05, 0) is 28.7 Å². The molecule has 0 aliphatic carbocycles. The first-order valence-electron chi connectivity index (χ1n) is 4.58. The number of fused-ring (bicyclic) bond motifs is 1. The van der Waals surface area contributed by atoms with Crippen molar-refractivity contribution in [2.24, 2.45) is 0 Å². The molecule has 3 nitrogen and oxygen atoms in total. The fourth-order valence-electron chi connectivity index (χ4n) is 1.04. The lowest BCUT2D eigenvalue weighted by molar-refractivity contribution is -0.136.